The van der Waals surface area contributed by atoms with E-state index in [-0.39, 0.29) is 0 Å². The third-order valence-corrected chi connectivity index (χ3v) is 4.94. The minimum absolute atomic E-state index is 0.363. The molecule has 0 radical (unpaired) electrons. The largest absolute Gasteiger partial charge is 0.292 e. The maximum atomic E-state index is 11.4. The van der Waals surface area contributed by atoms with Crippen molar-refractivity contribution in [3.05, 3.63) is 35.9 Å². The molecule has 1 fully saturated rings. The van der Waals surface area contributed by atoms with Gasteiger partial charge in [0, 0.05) is 6.26 Å². The summed E-state index contributed by atoms with van der Waals surface area (Å²) in [5, 5.41) is 0. The molecule has 0 N–H and O–H groups in total. The Bertz CT molecular complexity index is 630. The van der Waals surface area contributed by atoms with Crippen LogP contribution < -0.4 is 0 Å². The molecule has 0 aromatic heterocycles. The van der Waals surface area contributed by atoms with Crippen LogP contribution in [0.2, 0.25) is 0 Å². The fourth-order valence-electron chi connectivity index (χ4n) is 2.51. The molecule has 1 aliphatic heterocycles. The summed E-state index contributed by atoms with van der Waals surface area (Å²) in [7, 11) is -3.11. The van der Waals surface area contributed by atoms with Gasteiger partial charge in [0.1, 0.15) is 0 Å². The zero-order chi connectivity index (χ0) is 15.3. The SMILES string of the molecule is C#CCN1CCC(/C=C/c2ccc(S(C)(=O)=O)cc2)CC1. The average molecular weight is 303 g/mol. The lowest BCUT2D eigenvalue weighted by Crippen LogP contribution is -2.33. The molecule has 0 unspecified atom stereocenters. The minimum atomic E-state index is -3.11. The number of benzene rings is 1. The summed E-state index contributed by atoms with van der Waals surface area (Å²) < 4.78 is 22.8. The van der Waals surface area contributed by atoms with Crippen LogP contribution >= 0.6 is 0 Å². The van der Waals surface area contributed by atoms with E-state index in [9.17, 15) is 8.42 Å². The van der Waals surface area contributed by atoms with Gasteiger partial charge < -0.3 is 0 Å². The quantitative estimate of drug-likeness (QED) is 0.802. The molecule has 0 aliphatic carbocycles. The van der Waals surface area contributed by atoms with Crippen molar-refractivity contribution in [2.75, 3.05) is 25.9 Å². The van der Waals surface area contributed by atoms with Crippen molar-refractivity contribution in [2.24, 2.45) is 5.92 Å². The van der Waals surface area contributed by atoms with Crippen LogP contribution in [0.3, 0.4) is 0 Å². The first-order chi connectivity index (χ1) is 9.99. The summed E-state index contributed by atoms with van der Waals surface area (Å²) in [6.07, 6.45) is 13.1. The van der Waals surface area contributed by atoms with Gasteiger partial charge in [0.2, 0.25) is 0 Å². The van der Waals surface area contributed by atoms with Gasteiger partial charge in [0.25, 0.3) is 0 Å². The van der Waals surface area contributed by atoms with Gasteiger partial charge in [-0.3, -0.25) is 4.90 Å². The summed E-state index contributed by atoms with van der Waals surface area (Å²) in [5.41, 5.74) is 1.04. The normalized spacial score (nSPS) is 17.9. The molecule has 0 bridgehead atoms. The van der Waals surface area contributed by atoms with E-state index < -0.39 is 9.84 Å². The van der Waals surface area contributed by atoms with Crippen molar-refractivity contribution in [1.82, 2.24) is 4.90 Å². The Labute approximate surface area is 127 Å². The highest BCUT2D eigenvalue weighted by Gasteiger charge is 2.15. The zero-order valence-corrected chi connectivity index (χ0v) is 13.1. The number of sulfone groups is 1. The third-order valence-electron chi connectivity index (χ3n) is 3.82. The standard InChI is InChI=1S/C17H21NO2S/c1-3-12-18-13-10-16(11-14-18)5-4-15-6-8-17(9-7-15)21(2,19)20/h1,4-9,16H,10-14H2,2H3/b5-4+. The van der Waals surface area contributed by atoms with Gasteiger partial charge in [0.15, 0.2) is 9.84 Å². The van der Waals surface area contributed by atoms with Crippen LogP contribution in [0.15, 0.2) is 35.2 Å². The van der Waals surface area contributed by atoms with E-state index >= 15 is 0 Å². The second-order valence-electron chi connectivity index (χ2n) is 5.52. The molecule has 1 aromatic carbocycles. The van der Waals surface area contributed by atoms with Crippen molar-refractivity contribution in [2.45, 2.75) is 17.7 Å². The number of hydrogen-bond donors (Lipinski definition) is 0. The van der Waals surface area contributed by atoms with Gasteiger partial charge in [-0.25, -0.2) is 8.42 Å². The van der Waals surface area contributed by atoms with Crippen LogP contribution in [0.1, 0.15) is 18.4 Å². The van der Waals surface area contributed by atoms with Crippen LogP contribution in [-0.2, 0) is 9.84 Å². The number of nitrogens with zero attached hydrogens (tertiary/aromatic N) is 1. The molecule has 0 amide bonds. The highest BCUT2D eigenvalue weighted by molar-refractivity contribution is 7.90. The van der Waals surface area contributed by atoms with Crippen LogP contribution in [0, 0.1) is 18.3 Å². The van der Waals surface area contributed by atoms with Crippen molar-refractivity contribution >= 4 is 15.9 Å². The topological polar surface area (TPSA) is 37.4 Å². The first-order valence-corrected chi connectivity index (χ1v) is 9.02. The summed E-state index contributed by atoms with van der Waals surface area (Å²) in [4.78, 5) is 2.66. The Kier molecular flexibility index (Phi) is 5.22. The lowest BCUT2D eigenvalue weighted by atomic mass is 9.95. The number of hydrogen-bond acceptors (Lipinski definition) is 3. The Morgan fingerprint density at radius 1 is 1.29 bits per heavy atom. The van der Waals surface area contributed by atoms with E-state index in [4.69, 9.17) is 6.42 Å². The number of terminal acetylenes is 1. The van der Waals surface area contributed by atoms with E-state index in [0.717, 1.165) is 38.0 Å². The van der Waals surface area contributed by atoms with Crippen molar-refractivity contribution in [1.29, 1.82) is 0 Å². The van der Waals surface area contributed by atoms with Crippen LogP contribution in [-0.4, -0.2) is 39.2 Å². The lowest BCUT2D eigenvalue weighted by molar-refractivity contribution is 0.226. The van der Waals surface area contributed by atoms with Gasteiger partial charge in [0.05, 0.1) is 11.4 Å². The molecule has 112 valence electrons. The molecule has 3 nitrogen and oxygen atoms in total. The third kappa shape index (κ3) is 4.73. The van der Waals surface area contributed by atoms with Crippen LogP contribution in [0.5, 0.6) is 0 Å². The van der Waals surface area contributed by atoms with Crippen molar-refractivity contribution in [3.8, 4) is 12.3 Å². The molecule has 1 aliphatic rings. The second-order valence-corrected chi connectivity index (χ2v) is 7.53. The summed E-state index contributed by atoms with van der Waals surface area (Å²) in [6, 6.07) is 7.01. The average Bonchev–Trinajstić information content (AvgIpc) is 2.46. The summed E-state index contributed by atoms with van der Waals surface area (Å²) in [6.45, 7) is 2.84. The van der Waals surface area contributed by atoms with Gasteiger partial charge in [-0.05, 0) is 49.5 Å². The molecule has 1 heterocycles. The van der Waals surface area contributed by atoms with Crippen LogP contribution in [0.25, 0.3) is 6.08 Å². The van der Waals surface area contributed by atoms with Crippen molar-refractivity contribution in [3.63, 3.8) is 0 Å². The monoisotopic (exact) mass is 303 g/mol. The Morgan fingerprint density at radius 2 is 1.90 bits per heavy atom. The fraction of sp³-hybridized carbons (Fsp3) is 0.412. The smallest absolute Gasteiger partial charge is 0.175 e. The molecule has 1 aromatic rings. The molecule has 21 heavy (non-hydrogen) atoms. The molecular formula is C17H21NO2S. The Balaban J connectivity index is 1.92. The lowest BCUT2D eigenvalue weighted by Gasteiger charge is -2.28. The molecule has 0 saturated carbocycles. The maximum Gasteiger partial charge on any atom is 0.175 e. The van der Waals surface area contributed by atoms with Crippen molar-refractivity contribution < 1.29 is 8.42 Å². The van der Waals surface area contributed by atoms with E-state index in [1.807, 2.05) is 12.1 Å². The highest BCUT2D eigenvalue weighted by atomic mass is 32.2. The van der Waals surface area contributed by atoms with Gasteiger partial charge >= 0.3 is 0 Å². The molecule has 4 heteroatoms. The first-order valence-electron chi connectivity index (χ1n) is 7.13. The summed E-state index contributed by atoms with van der Waals surface area (Å²) >= 11 is 0. The first kappa shape index (κ1) is 15.8. The molecule has 1 saturated heterocycles. The predicted octanol–water partition coefficient (Wildman–Crippen LogP) is 2.45. The van der Waals surface area contributed by atoms with E-state index in [2.05, 4.69) is 23.0 Å². The number of likely N-dealkylation sites (tertiary alicyclic amines) is 1. The predicted molar refractivity (Wildman–Crippen MR) is 86.6 cm³/mol. The number of rotatable bonds is 4. The fourth-order valence-corrected chi connectivity index (χ4v) is 3.14. The molecule has 0 atom stereocenters. The van der Waals surface area contributed by atoms with Crippen LogP contribution in [0.4, 0.5) is 0 Å². The Morgan fingerprint density at radius 3 is 2.43 bits per heavy atom. The molecular weight excluding hydrogens is 282 g/mol. The van der Waals surface area contributed by atoms with E-state index in [1.54, 1.807) is 12.1 Å². The zero-order valence-electron chi connectivity index (χ0n) is 12.3. The highest BCUT2D eigenvalue weighted by Crippen LogP contribution is 2.20. The summed E-state index contributed by atoms with van der Waals surface area (Å²) in [5.74, 6) is 3.26. The van der Waals surface area contributed by atoms with Gasteiger partial charge in [-0.2, -0.15) is 0 Å². The number of piperidine rings is 1. The number of allylic oxidation sites excluding steroid dienone is 1. The maximum absolute atomic E-state index is 11.4. The Hall–Kier alpha value is -1.57. The molecule has 2 rings (SSSR count). The van der Waals surface area contributed by atoms with E-state index in [0.29, 0.717) is 10.8 Å². The second kappa shape index (κ2) is 6.93. The van der Waals surface area contributed by atoms with Gasteiger partial charge in [-0.15, -0.1) is 6.42 Å². The van der Waals surface area contributed by atoms with Gasteiger partial charge in [-0.1, -0.05) is 30.2 Å². The minimum Gasteiger partial charge on any atom is -0.292 e. The van der Waals surface area contributed by atoms with E-state index in [1.165, 1.54) is 6.26 Å². The molecule has 0 spiro atoms.